The van der Waals surface area contributed by atoms with E-state index in [1.54, 1.807) is 19.1 Å². The van der Waals surface area contributed by atoms with Crippen LogP contribution >= 0.6 is 0 Å². The van der Waals surface area contributed by atoms with E-state index in [9.17, 15) is 4.79 Å². The highest BCUT2D eigenvalue weighted by Crippen LogP contribution is 2.30. The van der Waals surface area contributed by atoms with Crippen LogP contribution in [0.3, 0.4) is 0 Å². The second kappa shape index (κ2) is 10.2. The molecule has 0 aliphatic carbocycles. The van der Waals surface area contributed by atoms with Crippen LogP contribution in [0.15, 0.2) is 79.1 Å². The van der Waals surface area contributed by atoms with Gasteiger partial charge in [-0.25, -0.2) is 4.98 Å². The van der Waals surface area contributed by atoms with Crippen molar-refractivity contribution < 1.29 is 14.3 Å². The molecule has 4 rings (SSSR count). The number of amides is 1. The zero-order chi connectivity index (χ0) is 23.2. The van der Waals surface area contributed by atoms with Crippen LogP contribution in [0.4, 0.5) is 0 Å². The lowest BCUT2D eigenvalue weighted by molar-refractivity contribution is -0.130. The highest BCUT2D eigenvalue weighted by atomic mass is 16.5. The van der Waals surface area contributed by atoms with E-state index in [4.69, 9.17) is 9.47 Å². The Morgan fingerprint density at radius 3 is 2.52 bits per heavy atom. The van der Waals surface area contributed by atoms with Crippen LogP contribution in [-0.4, -0.2) is 48.0 Å². The largest absolute Gasteiger partial charge is 0.493 e. The fourth-order valence-electron chi connectivity index (χ4n) is 4.08. The van der Waals surface area contributed by atoms with Gasteiger partial charge in [0, 0.05) is 38.3 Å². The molecule has 1 unspecified atom stereocenters. The number of benzene rings is 2. The number of methoxy groups -OCH3 is 2. The quantitative estimate of drug-likeness (QED) is 0.380. The van der Waals surface area contributed by atoms with Crippen molar-refractivity contribution >= 4 is 11.6 Å². The molecule has 0 N–H and O–H groups in total. The molecule has 1 atom stereocenters. The summed E-state index contributed by atoms with van der Waals surface area (Å²) in [5.74, 6) is 1.40. The molecule has 2 aromatic carbocycles. The number of fused-ring (bicyclic) bond motifs is 1. The smallest absolute Gasteiger partial charge is 0.223 e. The van der Waals surface area contributed by atoms with Gasteiger partial charge < -0.3 is 18.8 Å². The molecule has 0 fully saturated rings. The number of carbonyl (C=O) groups excluding carboxylic acids is 1. The molecule has 0 radical (unpaired) electrons. The molecule has 0 saturated heterocycles. The first-order valence-corrected chi connectivity index (χ1v) is 11.0. The number of likely N-dealkylation sites (N-methyl/N-ethyl adjacent to an activating group) is 1. The summed E-state index contributed by atoms with van der Waals surface area (Å²) in [5.41, 5.74) is 4.08. The van der Waals surface area contributed by atoms with Crippen molar-refractivity contribution in [3.63, 3.8) is 0 Å². The Balaban J connectivity index is 1.50. The number of carbonyl (C=O) groups is 1. The van der Waals surface area contributed by atoms with Crippen LogP contribution in [0.5, 0.6) is 11.5 Å². The third kappa shape index (κ3) is 5.00. The maximum Gasteiger partial charge on any atom is 0.223 e. The van der Waals surface area contributed by atoms with E-state index in [1.165, 1.54) is 0 Å². The summed E-state index contributed by atoms with van der Waals surface area (Å²) in [6.45, 7) is 0.614. The number of pyridine rings is 1. The van der Waals surface area contributed by atoms with Crippen LogP contribution in [0.2, 0.25) is 0 Å². The molecule has 6 nitrogen and oxygen atoms in total. The van der Waals surface area contributed by atoms with Gasteiger partial charge in [-0.3, -0.25) is 4.79 Å². The minimum atomic E-state index is -0.0837. The monoisotopic (exact) mass is 443 g/mol. The second-order valence-corrected chi connectivity index (χ2v) is 8.03. The van der Waals surface area contributed by atoms with E-state index in [0.29, 0.717) is 24.5 Å². The molecular weight excluding hydrogens is 414 g/mol. The zero-order valence-corrected chi connectivity index (χ0v) is 19.3. The van der Waals surface area contributed by atoms with Crippen molar-refractivity contribution in [2.75, 3.05) is 27.8 Å². The molecule has 0 aliphatic heterocycles. The summed E-state index contributed by atoms with van der Waals surface area (Å²) in [4.78, 5) is 19.6. The Labute approximate surface area is 194 Å². The van der Waals surface area contributed by atoms with Crippen molar-refractivity contribution in [2.24, 2.45) is 0 Å². The highest BCUT2D eigenvalue weighted by molar-refractivity contribution is 5.77. The molecule has 33 heavy (non-hydrogen) atoms. The van der Waals surface area contributed by atoms with Crippen molar-refractivity contribution in [2.45, 2.75) is 18.8 Å². The Morgan fingerprint density at radius 1 is 1.00 bits per heavy atom. The number of aromatic nitrogens is 2. The van der Waals surface area contributed by atoms with Crippen LogP contribution in [-0.2, 0) is 11.2 Å². The van der Waals surface area contributed by atoms with Gasteiger partial charge in [-0.05, 0) is 41.8 Å². The maximum absolute atomic E-state index is 13.3. The topological polar surface area (TPSA) is 56.1 Å². The van der Waals surface area contributed by atoms with E-state index in [1.807, 2.05) is 74.0 Å². The van der Waals surface area contributed by atoms with E-state index in [2.05, 4.69) is 21.5 Å². The molecule has 2 aromatic heterocycles. The summed E-state index contributed by atoms with van der Waals surface area (Å²) < 4.78 is 12.8. The molecule has 1 amide bonds. The third-order valence-electron chi connectivity index (χ3n) is 5.99. The Hall–Kier alpha value is -3.80. The van der Waals surface area contributed by atoms with Gasteiger partial charge in [0.25, 0.3) is 0 Å². The predicted molar refractivity (Wildman–Crippen MR) is 129 cm³/mol. The molecule has 0 aliphatic rings. The molecule has 6 heteroatoms. The van der Waals surface area contributed by atoms with Crippen molar-refractivity contribution in [3.05, 3.63) is 95.9 Å². The van der Waals surface area contributed by atoms with Gasteiger partial charge in [-0.2, -0.15) is 0 Å². The first-order chi connectivity index (χ1) is 16.1. The average Bonchev–Trinajstić information content (AvgIpc) is 3.29. The number of hydrogen-bond acceptors (Lipinski definition) is 4. The lowest BCUT2D eigenvalue weighted by Crippen LogP contribution is -2.30. The van der Waals surface area contributed by atoms with Crippen molar-refractivity contribution in [1.29, 1.82) is 0 Å². The van der Waals surface area contributed by atoms with Gasteiger partial charge in [0.2, 0.25) is 5.91 Å². The summed E-state index contributed by atoms with van der Waals surface area (Å²) in [6.07, 6.45) is 4.98. The fourth-order valence-corrected chi connectivity index (χ4v) is 4.08. The molecule has 4 aromatic rings. The molecule has 0 bridgehead atoms. The maximum atomic E-state index is 13.3. The van der Waals surface area contributed by atoms with Gasteiger partial charge >= 0.3 is 0 Å². The first-order valence-electron chi connectivity index (χ1n) is 11.0. The number of ether oxygens (including phenoxy) is 2. The molecular formula is C27H29N3O3. The first kappa shape index (κ1) is 22.4. The van der Waals surface area contributed by atoms with Gasteiger partial charge in [0.1, 0.15) is 5.65 Å². The van der Waals surface area contributed by atoms with Gasteiger partial charge in [-0.1, -0.05) is 42.5 Å². The summed E-state index contributed by atoms with van der Waals surface area (Å²) in [6, 6.07) is 21.9. The number of imidazole rings is 1. The Bertz CT molecular complexity index is 1220. The minimum Gasteiger partial charge on any atom is -0.493 e. The second-order valence-electron chi connectivity index (χ2n) is 8.03. The lowest BCUT2D eigenvalue weighted by Gasteiger charge is -2.22. The molecule has 0 saturated carbocycles. The van der Waals surface area contributed by atoms with Gasteiger partial charge in [-0.15, -0.1) is 0 Å². The van der Waals surface area contributed by atoms with Crippen molar-refractivity contribution in [3.8, 4) is 11.5 Å². The summed E-state index contributed by atoms with van der Waals surface area (Å²) in [7, 11) is 5.11. The molecule has 170 valence electrons. The minimum absolute atomic E-state index is 0.0837. The Morgan fingerprint density at radius 2 is 1.76 bits per heavy atom. The summed E-state index contributed by atoms with van der Waals surface area (Å²) in [5, 5.41) is 0. The van der Waals surface area contributed by atoms with Crippen LogP contribution < -0.4 is 9.47 Å². The summed E-state index contributed by atoms with van der Waals surface area (Å²) >= 11 is 0. The van der Waals surface area contributed by atoms with E-state index >= 15 is 0 Å². The van der Waals surface area contributed by atoms with Crippen molar-refractivity contribution in [1.82, 2.24) is 14.3 Å². The fraction of sp³-hybridized carbons (Fsp3) is 0.259. The van der Waals surface area contributed by atoms with Gasteiger partial charge in [0.05, 0.1) is 19.9 Å². The van der Waals surface area contributed by atoms with Gasteiger partial charge in [0.15, 0.2) is 11.5 Å². The molecule has 0 spiro atoms. The third-order valence-corrected chi connectivity index (χ3v) is 5.99. The van der Waals surface area contributed by atoms with E-state index in [-0.39, 0.29) is 11.8 Å². The number of hydrogen-bond donors (Lipinski definition) is 0. The highest BCUT2D eigenvalue weighted by Gasteiger charge is 2.23. The van der Waals surface area contributed by atoms with Crippen LogP contribution in [0.25, 0.3) is 5.65 Å². The average molecular weight is 444 g/mol. The van der Waals surface area contributed by atoms with E-state index in [0.717, 1.165) is 28.9 Å². The van der Waals surface area contributed by atoms with Crippen LogP contribution in [0.1, 0.15) is 29.2 Å². The predicted octanol–water partition coefficient (Wildman–Crippen LogP) is 4.57. The SMILES string of the molecule is COc1ccc(CCN(C)C(=O)CC(c2ccccc2)c2cnc3ccccn23)cc1OC. The standard InChI is InChI=1S/C27H29N3O3/c1-29(16-14-20-12-13-24(32-2)25(17-20)33-3)27(31)18-22(21-9-5-4-6-10-21)23-19-28-26-11-7-8-15-30(23)26/h4-13,15,17,19,22H,14,16,18H2,1-3H3. The Kier molecular flexibility index (Phi) is 6.93. The normalized spacial score (nSPS) is 11.8. The van der Waals surface area contributed by atoms with E-state index < -0.39 is 0 Å². The lowest BCUT2D eigenvalue weighted by atomic mass is 9.92. The molecule has 2 heterocycles. The zero-order valence-electron chi connectivity index (χ0n) is 19.3. The van der Waals surface area contributed by atoms with Crippen LogP contribution in [0, 0.1) is 0 Å². The number of rotatable bonds is 9. The number of nitrogens with zero attached hydrogens (tertiary/aromatic N) is 3.